The summed E-state index contributed by atoms with van der Waals surface area (Å²) >= 11 is 0. The Balaban J connectivity index is 1.43. The molecular weight excluding hydrogens is 432 g/mol. The number of amides is 2. The summed E-state index contributed by atoms with van der Waals surface area (Å²) in [6.45, 7) is 8.10. The second kappa shape index (κ2) is 9.74. The van der Waals surface area contributed by atoms with Gasteiger partial charge < -0.3 is 20.1 Å². The Morgan fingerprint density at radius 1 is 0.765 bits per heavy atom. The van der Waals surface area contributed by atoms with Crippen molar-refractivity contribution in [3.8, 4) is 0 Å². The highest BCUT2D eigenvalue weighted by Crippen LogP contribution is 2.57. The molecule has 34 heavy (non-hydrogen) atoms. The first-order chi connectivity index (χ1) is 16.1. The molecule has 2 fully saturated rings. The zero-order valence-corrected chi connectivity index (χ0v) is 21.0. The molecule has 4 bridgehead atoms. The smallest absolute Gasteiger partial charge is 0.407 e. The van der Waals surface area contributed by atoms with E-state index in [4.69, 9.17) is 9.47 Å². The molecule has 2 amide bonds. The van der Waals surface area contributed by atoms with Crippen molar-refractivity contribution in [2.45, 2.75) is 78.3 Å². The summed E-state index contributed by atoms with van der Waals surface area (Å²) < 4.78 is 11.3. The van der Waals surface area contributed by atoms with Gasteiger partial charge in [0.25, 0.3) is 0 Å². The number of hydrogen-bond acceptors (Lipinski definition) is 5. The fraction of sp³-hybridized carbons (Fsp3) is 0.741. The first-order valence-corrected chi connectivity index (χ1v) is 12.8. The highest BCUT2D eigenvalue weighted by molar-refractivity contribution is 5.80. The van der Waals surface area contributed by atoms with Crippen LogP contribution < -0.4 is 10.6 Å². The third-order valence-corrected chi connectivity index (χ3v) is 8.15. The number of rotatable bonds is 10. The number of allylic oxidation sites excluding steroid dienone is 4. The van der Waals surface area contributed by atoms with Crippen molar-refractivity contribution in [3.63, 3.8) is 0 Å². The SMILES string of the molecule is CC(C)NC(=O)OCC1(CC(=O)CC2(COC(=O)NC(C)C)CC3C=CC2C3)CC2C=CC1C2. The van der Waals surface area contributed by atoms with E-state index in [1.165, 1.54) is 0 Å². The molecule has 7 nitrogen and oxygen atoms in total. The molecule has 0 heterocycles. The number of carbonyl (C=O) groups is 3. The minimum atomic E-state index is -0.423. The molecule has 0 aliphatic heterocycles. The maximum absolute atomic E-state index is 13.6. The van der Waals surface area contributed by atoms with Crippen LogP contribution >= 0.6 is 0 Å². The van der Waals surface area contributed by atoms with Gasteiger partial charge in [0.2, 0.25) is 0 Å². The second-order valence-corrected chi connectivity index (χ2v) is 11.7. The predicted molar refractivity (Wildman–Crippen MR) is 129 cm³/mol. The van der Waals surface area contributed by atoms with Gasteiger partial charge in [-0.2, -0.15) is 0 Å². The number of alkyl carbamates (subject to hydrolysis) is 2. The number of ether oxygens (including phenoxy) is 2. The van der Waals surface area contributed by atoms with Crippen molar-refractivity contribution in [2.75, 3.05) is 13.2 Å². The second-order valence-electron chi connectivity index (χ2n) is 11.7. The van der Waals surface area contributed by atoms with E-state index < -0.39 is 12.2 Å². The molecule has 0 radical (unpaired) electrons. The standard InChI is InChI=1S/C27H40N2O5/c1-17(2)28-24(31)33-15-26(11-19-5-7-21(26)9-19)13-23(30)14-27(12-20-6-8-22(27)10-20)16-34-25(32)29-18(3)4/h5-8,17-22H,9-16H2,1-4H3,(H,28,31)(H,29,32). The van der Waals surface area contributed by atoms with Crippen molar-refractivity contribution in [1.82, 2.24) is 10.6 Å². The van der Waals surface area contributed by atoms with Gasteiger partial charge in [-0.1, -0.05) is 24.3 Å². The van der Waals surface area contributed by atoms with Crippen LogP contribution in [0.3, 0.4) is 0 Å². The van der Waals surface area contributed by atoms with E-state index in [2.05, 4.69) is 34.9 Å². The fourth-order valence-corrected chi connectivity index (χ4v) is 6.77. The molecule has 4 aliphatic rings. The lowest BCUT2D eigenvalue weighted by Gasteiger charge is -2.38. The van der Waals surface area contributed by atoms with Crippen molar-refractivity contribution in [1.29, 1.82) is 0 Å². The van der Waals surface area contributed by atoms with Crippen LogP contribution in [0.4, 0.5) is 9.59 Å². The zero-order chi connectivity index (χ0) is 24.5. The van der Waals surface area contributed by atoms with Crippen LogP contribution in [-0.2, 0) is 14.3 Å². The quantitative estimate of drug-likeness (QED) is 0.447. The van der Waals surface area contributed by atoms with Crippen molar-refractivity contribution in [3.05, 3.63) is 24.3 Å². The lowest BCUT2D eigenvalue weighted by Crippen LogP contribution is -2.41. The molecule has 4 aliphatic carbocycles. The first-order valence-electron chi connectivity index (χ1n) is 12.8. The Morgan fingerprint density at radius 3 is 1.47 bits per heavy atom. The van der Waals surface area contributed by atoms with Crippen LogP contribution in [-0.4, -0.2) is 43.3 Å². The number of Topliss-reactive ketones (excluding diaryl/α,β-unsaturated/α-hetero) is 1. The van der Waals surface area contributed by atoms with Gasteiger partial charge in [0, 0.05) is 35.8 Å². The van der Waals surface area contributed by atoms with E-state index in [0.29, 0.717) is 24.7 Å². The monoisotopic (exact) mass is 472 g/mol. The van der Waals surface area contributed by atoms with Crippen LogP contribution in [0.25, 0.3) is 0 Å². The van der Waals surface area contributed by atoms with Gasteiger partial charge in [0.1, 0.15) is 5.78 Å². The Labute approximate surface area is 203 Å². The van der Waals surface area contributed by atoms with Crippen LogP contribution in [0, 0.1) is 34.5 Å². The molecule has 2 saturated carbocycles. The summed E-state index contributed by atoms with van der Waals surface area (Å²) in [5.74, 6) is 1.62. The van der Waals surface area contributed by atoms with E-state index in [1.54, 1.807) is 0 Å². The number of hydrogen-bond donors (Lipinski definition) is 2. The molecule has 2 N–H and O–H groups in total. The summed E-state index contributed by atoms with van der Waals surface area (Å²) in [6, 6.07) is 0.00668. The Bertz CT molecular complexity index is 797. The molecule has 4 rings (SSSR count). The Morgan fingerprint density at radius 2 is 1.18 bits per heavy atom. The molecule has 6 unspecified atom stereocenters. The number of ketones is 1. The molecular formula is C27H40N2O5. The summed E-state index contributed by atoms with van der Waals surface area (Å²) in [7, 11) is 0. The van der Waals surface area contributed by atoms with E-state index in [1.807, 2.05) is 27.7 Å². The summed E-state index contributed by atoms with van der Waals surface area (Å²) in [6.07, 6.45) is 12.7. The number of carbonyl (C=O) groups excluding carboxylic acids is 3. The number of fused-ring (bicyclic) bond motifs is 4. The van der Waals surface area contributed by atoms with Crippen LogP contribution in [0.5, 0.6) is 0 Å². The molecule has 0 aromatic rings. The van der Waals surface area contributed by atoms with Gasteiger partial charge in [-0.15, -0.1) is 0 Å². The van der Waals surface area contributed by atoms with E-state index in [9.17, 15) is 14.4 Å². The zero-order valence-electron chi connectivity index (χ0n) is 21.0. The number of nitrogens with one attached hydrogen (secondary N) is 2. The molecule has 6 atom stereocenters. The average molecular weight is 473 g/mol. The molecule has 7 heteroatoms. The minimum absolute atomic E-state index is 0.00334. The van der Waals surface area contributed by atoms with Crippen LogP contribution in [0.15, 0.2) is 24.3 Å². The summed E-state index contributed by atoms with van der Waals surface area (Å²) in [4.78, 5) is 38.0. The highest BCUT2D eigenvalue weighted by atomic mass is 16.6. The van der Waals surface area contributed by atoms with Gasteiger partial charge in [0.05, 0.1) is 13.2 Å². The molecule has 0 saturated heterocycles. The van der Waals surface area contributed by atoms with Gasteiger partial charge in [-0.25, -0.2) is 9.59 Å². The Kier molecular flexibility index (Phi) is 7.11. The van der Waals surface area contributed by atoms with E-state index >= 15 is 0 Å². The maximum Gasteiger partial charge on any atom is 0.407 e. The maximum atomic E-state index is 13.6. The lowest BCUT2D eigenvalue weighted by molar-refractivity contribution is -0.126. The van der Waals surface area contributed by atoms with E-state index in [-0.39, 0.29) is 53.7 Å². The Hall–Kier alpha value is -2.31. The van der Waals surface area contributed by atoms with Crippen LogP contribution in [0.1, 0.15) is 66.2 Å². The normalized spacial score (nSPS) is 34.8. The van der Waals surface area contributed by atoms with Crippen molar-refractivity contribution >= 4 is 18.0 Å². The molecule has 188 valence electrons. The third kappa shape index (κ3) is 5.33. The van der Waals surface area contributed by atoms with Gasteiger partial charge >= 0.3 is 12.2 Å². The molecule has 0 aromatic heterocycles. The highest BCUT2D eigenvalue weighted by Gasteiger charge is 2.53. The van der Waals surface area contributed by atoms with E-state index in [0.717, 1.165) is 25.7 Å². The molecule has 0 spiro atoms. The summed E-state index contributed by atoms with van der Waals surface area (Å²) in [5.41, 5.74) is -0.676. The average Bonchev–Trinajstić information content (AvgIpc) is 3.51. The minimum Gasteiger partial charge on any atom is -0.449 e. The van der Waals surface area contributed by atoms with Gasteiger partial charge in [0.15, 0.2) is 0 Å². The summed E-state index contributed by atoms with van der Waals surface area (Å²) in [5, 5.41) is 5.56. The van der Waals surface area contributed by atoms with Gasteiger partial charge in [-0.3, -0.25) is 4.79 Å². The topological polar surface area (TPSA) is 93.7 Å². The lowest BCUT2D eigenvalue weighted by atomic mass is 9.68. The third-order valence-electron chi connectivity index (χ3n) is 8.15. The van der Waals surface area contributed by atoms with Gasteiger partial charge in [-0.05, 0) is 77.0 Å². The first kappa shape index (κ1) is 24.8. The van der Waals surface area contributed by atoms with Crippen molar-refractivity contribution < 1.29 is 23.9 Å². The van der Waals surface area contributed by atoms with Crippen LogP contribution in [0.2, 0.25) is 0 Å². The molecule has 0 aromatic carbocycles. The fourth-order valence-electron chi connectivity index (χ4n) is 6.77. The van der Waals surface area contributed by atoms with Crippen molar-refractivity contribution in [2.24, 2.45) is 34.5 Å². The predicted octanol–water partition coefficient (Wildman–Crippen LogP) is 4.77. The largest absolute Gasteiger partial charge is 0.449 e.